The quantitative estimate of drug-likeness (QED) is 0.831. The molecule has 4 heteroatoms. The molecule has 2 rings (SSSR count). The van der Waals surface area contributed by atoms with E-state index in [1.54, 1.807) is 6.07 Å². The Hall–Kier alpha value is -1.55. The van der Waals surface area contributed by atoms with Crippen LogP contribution in [0.1, 0.15) is 16.7 Å². The van der Waals surface area contributed by atoms with Crippen molar-refractivity contribution in [2.45, 2.75) is 0 Å². The number of benzene rings is 1. The van der Waals surface area contributed by atoms with Gasteiger partial charge in [0.05, 0.1) is 11.4 Å². The van der Waals surface area contributed by atoms with Crippen LogP contribution in [0.25, 0.3) is 15.8 Å². The fourth-order valence-electron chi connectivity index (χ4n) is 1.82. The Labute approximate surface area is 101 Å². The standard InChI is InChI=1S/C12H10BrFN2/c1-5-9-7(12(16)11(5)15)3-4-8(14)10(9)6(2)13/h3-4H,1-2,15-16H2. The number of fused-ring (bicyclic) bond motifs is 1. The van der Waals surface area contributed by atoms with Gasteiger partial charge in [-0.15, -0.1) is 0 Å². The van der Waals surface area contributed by atoms with Gasteiger partial charge in [-0.25, -0.2) is 4.39 Å². The maximum Gasteiger partial charge on any atom is 0.132 e. The fraction of sp³-hybridized carbons (Fsp3) is 0. The first kappa shape index (κ1) is 11.0. The predicted octanol–water partition coefficient (Wildman–Crippen LogP) is 2.80. The molecule has 1 aliphatic rings. The van der Waals surface area contributed by atoms with Gasteiger partial charge in [-0.1, -0.05) is 29.1 Å². The number of hydrogen-bond acceptors (Lipinski definition) is 2. The highest BCUT2D eigenvalue weighted by molar-refractivity contribution is 9.15. The highest BCUT2D eigenvalue weighted by Crippen LogP contribution is 2.41. The highest BCUT2D eigenvalue weighted by Gasteiger charge is 2.26. The first-order chi connectivity index (χ1) is 7.45. The van der Waals surface area contributed by atoms with Gasteiger partial charge in [-0.2, -0.15) is 0 Å². The third kappa shape index (κ3) is 1.30. The van der Waals surface area contributed by atoms with E-state index in [0.717, 1.165) is 0 Å². The van der Waals surface area contributed by atoms with Crippen molar-refractivity contribution in [3.8, 4) is 0 Å². The van der Waals surface area contributed by atoms with Crippen LogP contribution in [0.4, 0.5) is 4.39 Å². The molecule has 82 valence electrons. The molecular formula is C12H10BrFN2. The summed E-state index contributed by atoms with van der Waals surface area (Å²) in [4.78, 5) is 0. The molecule has 0 atom stereocenters. The molecule has 2 nitrogen and oxygen atoms in total. The van der Waals surface area contributed by atoms with Crippen LogP contribution in [0, 0.1) is 5.82 Å². The molecule has 0 fully saturated rings. The second-order valence-electron chi connectivity index (χ2n) is 3.56. The Morgan fingerprint density at radius 3 is 2.44 bits per heavy atom. The molecule has 16 heavy (non-hydrogen) atoms. The van der Waals surface area contributed by atoms with E-state index >= 15 is 0 Å². The van der Waals surface area contributed by atoms with Gasteiger partial charge in [0.15, 0.2) is 0 Å². The van der Waals surface area contributed by atoms with Gasteiger partial charge in [0.25, 0.3) is 0 Å². The van der Waals surface area contributed by atoms with Gasteiger partial charge in [0.2, 0.25) is 0 Å². The molecular weight excluding hydrogens is 271 g/mol. The van der Waals surface area contributed by atoms with Crippen LogP contribution >= 0.6 is 15.9 Å². The fourth-order valence-corrected chi connectivity index (χ4v) is 2.21. The zero-order valence-corrected chi connectivity index (χ0v) is 10.1. The van der Waals surface area contributed by atoms with Crippen LogP contribution in [-0.4, -0.2) is 0 Å². The Bertz CT molecular complexity index is 558. The maximum absolute atomic E-state index is 13.7. The van der Waals surface area contributed by atoms with E-state index in [1.165, 1.54) is 6.07 Å². The summed E-state index contributed by atoms with van der Waals surface area (Å²) in [6.45, 7) is 7.50. The first-order valence-corrected chi connectivity index (χ1v) is 5.37. The van der Waals surface area contributed by atoms with Gasteiger partial charge in [0.1, 0.15) is 5.82 Å². The van der Waals surface area contributed by atoms with Crippen molar-refractivity contribution in [3.63, 3.8) is 0 Å². The van der Waals surface area contributed by atoms with Crippen molar-refractivity contribution in [1.82, 2.24) is 0 Å². The summed E-state index contributed by atoms with van der Waals surface area (Å²) < 4.78 is 14.1. The van der Waals surface area contributed by atoms with Crippen LogP contribution in [0.2, 0.25) is 0 Å². The monoisotopic (exact) mass is 280 g/mol. The number of hydrogen-bond donors (Lipinski definition) is 2. The number of allylic oxidation sites excluding steroid dienone is 1. The molecule has 0 heterocycles. The van der Waals surface area contributed by atoms with Crippen molar-refractivity contribution in [2.75, 3.05) is 0 Å². The molecule has 0 radical (unpaired) electrons. The molecule has 0 bridgehead atoms. The molecule has 0 spiro atoms. The predicted molar refractivity (Wildman–Crippen MR) is 68.7 cm³/mol. The van der Waals surface area contributed by atoms with E-state index in [-0.39, 0.29) is 5.82 Å². The van der Waals surface area contributed by atoms with Crippen molar-refractivity contribution < 1.29 is 4.39 Å². The smallest absolute Gasteiger partial charge is 0.132 e. The minimum atomic E-state index is -0.371. The summed E-state index contributed by atoms with van der Waals surface area (Å²) in [6, 6.07) is 2.95. The lowest BCUT2D eigenvalue weighted by Gasteiger charge is -2.10. The van der Waals surface area contributed by atoms with Crippen molar-refractivity contribution in [2.24, 2.45) is 11.5 Å². The topological polar surface area (TPSA) is 52.0 Å². The third-order valence-corrected chi connectivity index (χ3v) is 3.03. The number of nitrogens with two attached hydrogens (primary N) is 2. The van der Waals surface area contributed by atoms with Crippen molar-refractivity contribution >= 4 is 31.7 Å². The lowest BCUT2D eigenvalue weighted by Crippen LogP contribution is -2.02. The first-order valence-electron chi connectivity index (χ1n) is 4.57. The number of halogens is 2. The Kier molecular flexibility index (Phi) is 2.39. The third-order valence-electron chi connectivity index (χ3n) is 2.63. The summed E-state index contributed by atoms with van der Waals surface area (Å²) in [6.07, 6.45) is 0. The molecule has 1 aromatic rings. The van der Waals surface area contributed by atoms with Crippen molar-refractivity contribution in [3.05, 3.63) is 53.5 Å². The lowest BCUT2D eigenvalue weighted by molar-refractivity contribution is 0.624. The molecule has 1 aliphatic carbocycles. The van der Waals surface area contributed by atoms with E-state index in [9.17, 15) is 4.39 Å². The number of rotatable bonds is 1. The molecule has 4 N–H and O–H groups in total. The summed E-state index contributed by atoms with van der Waals surface area (Å²) in [5, 5.41) is 0. The minimum absolute atomic E-state index is 0.367. The highest BCUT2D eigenvalue weighted by atomic mass is 79.9. The van der Waals surface area contributed by atoms with E-state index in [4.69, 9.17) is 11.5 Å². The van der Waals surface area contributed by atoms with Crippen LogP contribution in [0.3, 0.4) is 0 Å². The normalized spacial score (nSPS) is 14.2. The van der Waals surface area contributed by atoms with Crippen molar-refractivity contribution in [1.29, 1.82) is 0 Å². The molecule has 0 aromatic heterocycles. The van der Waals surface area contributed by atoms with E-state index in [2.05, 4.69) is 29.1 Å². The Morgan fingerprint density at radius 1 is 1.25 bits per heavy atom. The van der Waals surface area contributed by atoms with E-state index in [1.807, 2.05) is 0 Å². The van der Waals surface area contributed by atoms with Crippen LogP contribution < -0.4 is 11.5 Å². The Balaban J connectivity index is 2.82. The maximum atomic E-state index is 13.7. The van der Waals surface area contributed by atoms with Gasteiger partial charge < -0.3 is 11.5 Å². The Morgan fingerprint density at radius 2 is 1.88 bits per heavy atom. The summed E-state index contributed by atoms with van der Waals surface area (Å²) in [7, 11) is 0. The SMILES string of the molecule is C=C(Br)c1c(F)ccc2c1C(=C)C(N)=C2N. The average Bonchev–Trinajstić information content (AvgIpc) is 2.43. The summed E-state index contributed by atoms with van der Waals surface area (Å²) in [5.74, 6) is -0.371. The summed E-state index contributed by atoms with van der Waals surface area (Å²) >= 11 is 3.18. The summed E-state index contributed by atoms with van der Waals surface area (Å²) in [5.41, 5.74) is 14.7. The second kappa shape index (κ2) is 3.49. The van der Waals surface area contributed by atoms with E-state index in [0.29, 0.717) is 38.1 Å². The van der Waals surface area contributed by atoms with Gasteiger partial charge in [0, 0.05) is 26.7 Å². The molecule has 0 saturated heterocycles. The van der Waals surface area contributed by atoms with Crippen LogP contribution in [0.15, 0.2) is 31.0 Å². The molecule has 0 saturated carbocycles. The van der Waals surface area contributed by atoms with E-state index < -0.39 is 0 Å². The second-order valence-corrected chi connectivity index (χ2v) is 4.51. The van der Waals surface area contributed by atoms with Gasteiger partial charge in [-0.05, 0) is 12.1 Å². The zero-order chi connectivity index (χ0) is 12.0. The molecule has 0 amide bonds. The van der Waals surface area contributed by atoms with Crippen LogP contribution in [0.5, 0.6) is 0 Å². The van der Waals surface area contributed by atoms with Gasteiger partial charge >= 0.3 is 0 Å². The largest absolute Gasteiger partial charge is 0.397 e. The average molecular weight is 281 g/mol. The van der Waals surface area contributed by atoms with Gasteiger partial charge in [-0.3, -0.25) is 0 Å². The van der Waals surface area contributed by atoms with Crippen LogP contribution in [-0.2, 0) is 0 Å². The molecule has 0 unspecified atom stereocenters. The lowest BCUT2D eigenvalue weighted by atomic mass is 9.99. The molecule has 0 aliphatic heterocycles. The minimum Gasteiger partial charge on any atom is -0.397 e. The zero-order valence-electron chi connectivity index (χ0n) is 8.48. The molecule has 1 aromatic carbocycles.